The van der Waals surface area contributed by atoms with E-state index >= 15 is 0 Å². The predicted octanol–water partition coefficient (Wildman–Crippen LogP) is 2.21. The van der Waals surface area contributed by atoms with Crippen molar-refractivity contribution < 1.29 is 4.74 Å². The third-order valence-electron chi connectivity index (χ3n) is 3.15. The molecular weight excluding hydrogens is 226 g/mol. The van der Waals surface area contributed by atoms with Crippen LogP contribution in [0.2, 0.25) is 0 Å². The second-order valence-corrected chi connectivity index (χ2v) is 4.31. The molecule has 2 N–H and O–H groups in total. The SMILES string of the molecule is CC[C@@H](N)c1ccc(OCCN(CC)CC)cn1. The van der Waals surface area contributed by atoms with Gasteiger partial charge in [-0.25, -0.2) is 0 Å². The molecule has 0 aliphatic carbocycles. The number of aromatic nitrogens is 1. The molecule has 1 rings (SSSR count). The lowest BCUT2D eigenvalue weighted by Gasteiger charge is -2.18. The van der Waals surface area contributed by atoms with Crippen molar-refractivity contribution >= 4 is 0 Å². The van der Waals surface area contributed by atoms with E-state index in [1.807, 2.05) is 12.1 Å². The molecule has 0 unspecified atom stereocenters. The topological polar surface area (TPSA) is 51.4 Å². The predicted molar refractivity (Wildman–Crippen MR) is 74.7 cm³/mol. The number of pyridine rings is 1. The van der Waals surface area contributed by atoms with Gasteiger partial charge in [0.2, 0.25) is 0 Å². The van der Waals surface area contributed by atoms with Gasteiger partial charge in [-0.2, -0.15) is 0 Å². The van der Waals surface area contributed by atoms with E-state index in [9.17, 15) is 0 Å². The molecule has 0 aliphatic heterocycles. The maximum atomic E-state index is 5.91. The van der Waals surface area contributed by atoms with Crippen LogP contribution in [0, 0.1) is 0 Å². The summed E-state index contributed by atoms with van der Waals surface area (Å²) in [5.74, 6) is 0.814. The van der Waals surface area contributed by atoms with E-state index in [1.165, 1.54) is 0 Å². The fraction of sp³-hybridized carbons (Fsp3) is 0.643. The summed E-state index contributed by atoms with van der Waals surface area (Å²) in [5.41, 5.74) is 6.83. The average molecular weight is 251 g/mol. The van der Waals surface area contributed by atoms with Crippen molar-refractivity contribution in [3.63, 3.8) is 0 Å². The maximum absolute atomic E-state index is 5.91. The molecule has 0 fully saturated rings. The third-order valence-corrected chi connectivity index (χ3v) is 3.15. The third kappa shape index (κ3) is 4.63. The van der Waals surface area contributed by atoms with Crippen LogP contribution >= 0.6 is 0 Å². The molecule has 102 valence electrons. The van der Waals surface area contributed by atoms with Gasteiger partial charge in [-0.1, -0.05) is 20.8 Å². The van der Waals surface area contributed by atoms with Crippen LogP contribution in [0.3, 0.4) is 0 Å². The van der Waals surface area contributed by atoms with Gasteiger partial charge in [-0.05, 0) is 31.6 Å². The van der Waals surface area contributed by atoms with Crippen LogP contribution < -0.4 is 10.5 Å². The van der Waals surface area contributed by atoms with Crippen LogP contribution in [0.5, 0.6) is 5.75 Å². The summed E-state index contributed by atoms with van der Waals surface area (Å²) >= 11 is 0. The number of likely N-dealkylation sites (N-methyl/N-ethyl adjacent to an activating group) is 1. The standard InChI is InChI=1S/C14H25N3O/c1-4-13(15)14-8-7-12(11-16-14)18-10-9-17(5-2)6-3/h7-8,11,13H,4-6,9-10,15H2,1-3H3/t13-/m1/s1. The molecule has 0 amide bonds. The Morgan fingerprint density at radius 2 is 2.00 bits per heavy atom. The lowest BCUT2D eigenvalue weighted by molar-refractivity contribution is 0.222. The molecule has 1 aromatic rings. The summed E-state index contributed by atoms with van der Waals surface area (Å²) in [6.07, 6.45) is 2.66. The fourth-order valence-electron chi connectivity index (χ4n) is 1.74. The molecule has 18 heavy (non-hydrogen) atoms. The van der Waals surface area contributed by atoms with Gasteiger partial charge in [0.1, 0.15) is 12.4 Å². The van der Waals surface area contributed by atoms with Gasteiger partial charge in [0.05, 0.1) is 11.9 Å². The minimum atomic E-state index is 0.0229. The molecule has 4 nitrogen and oxygen atoms in total. The highest BCUT2D eigenvalue weighted by Gasteiger charge is 2.05. The van der Waals surface area contributed by atoms with E-state index in [-0.39, 0.29) is 6.04 Å². The summed E-state index contributed by atoms with van der Waals surface area (Å²) in [6.45, 7) is 10.1. The Hall–Kier alpha value is -1.13. The molecule has 0 saturated carbocycles. The first-order chi connectivity index (χ1) is 8.71. The van der Waals surface area contributed by atoms with E-state index in [1.54, 1.807) is 6.20 Å². The zero-order valence-corrected chi connectivity index (χ0v) is 11.7. The number of hydrogen-bond donors (Lipinski definition) is 1. The smallest absolute Gasteiger partial charge is 0.137 e. The van der Waals surface area contributed by atoms with E-state index in [4.69, 9.17) is 10.5 Å². The first-order valence-electron chi connectivity index (χ1n) is 6.77. The Kier molecular flexibility index (Phi) is 6.68. The molecule has 0 aromatic carbocycles. The van der Waals surface area contributed by atoms with Crippen molar-refractivity contribution in [2.24, 2.45) is 5.73 Å². The van der Waals surface area contributed by atoms with E-state index < -0.39 is 0 Å². The Morgan fingerprint density at radius 3 is 2.50 bits per heavy atom. The van der Waals surface area contributed by atoms with Crippen LogP contribution in [0.15, 0.2) is 18.3 Å². The van der Waals surface area contributed by atoms with Crippen molar-refractivity contribution in [1.29, 1.82) is 0 Å². The number of nitrogens with two attached hydrogens (primary N) is 1. The second kappa shape index (κ2) is 8.06. The molecule has 0 bridgehead atoms. The van der Waals surface area contributed by atoms with Crippen LogP contribution in [0.25, 0.3) is 0 Å². The monoisotopic (exact) mass is 251 g/mol. The summed E-state index contributed by atoms with van der Waals surface area (Å²) in [5, 5.41) is 0. The van der Waals surface area contributed by atoms with Crippen LogP contribution in [0.1, 0.15) is 38.9 Å². The van der Waals surface area contributed by atoms with Gasteiger partial charge < -0.3 is 15.4 Å². The number of nitrogens with zero attached hydrogens (tertiary/aromatic N) is 2. The van der Waals surface area contributed by atoms with Crippen molar-refractivity contribution in [2.45, 2.75) is 33.2 Å². The highest BCUT2D eigenvalue weighted by atomic mass is 16.5. The van der Waals surface area contributed by atoms with E-state index in [0.29, 0.717) is 6.61 Å². The minimum absolute atomic E-state index is 0.0229. The van der Waals surface area contributed by atoms with Crippen LogP contribution in [0.4, 0.5) is 0 Å². The molecule has 0 spiro atoms. The molecule has 1 aromatic heterocycles. The van der Waals surface area contributed by atoms with Gasteiger partial charge in [-0.15, -0.1) is 0 Å². The maximum Gasteiger partial charge on any atom is 0.137 e. The Balaban J connectivity index is 2.39. The number of ether oxygens (including phenoxy) is 1. The quantitative estimate of drug-likeness (QED) is 0.769. The van der Waals surface area contributed by atoms with Gasteiger partial charge in [0.15, 0.2) is 0 Å². The molecule has 1 heterocycles. The van der Waals surface area contributed by atoms with Gasteiger partial charge in [-0.3, -0.25) is 4.98 Å². The van der Waals surface area contributed by atoms with Crippen LogP contribution in [-0.4, -0.2) is 36.1 Å². The normalized spacial score (nSPS) is 12.7. The molecule has 1 atom stereocenters. The summed E-state index contributed by atoms with van der Waals surface area (Å²) in [6, 6.07) is 3.91. The van der Waals surface area contributed by atoms with Crippen LogP contribution in [-0.2, 0) is 0 Å². The van der Waals surface area contributed by atoms with E-state index in [0.717, 1.165) is 37.5 Å². The van der Waals surface area contributed by atoms with Crippen molar-refractivity contribution in [1.82, 2.24) is 9.88 Å². The van der Waals surface area contributed by atoms with Gasteiger partial charge in [0.25, 0.3) is 0 Å². The van der Waals surface area contributed by atoms with Gasteiger partial charge >= 0.3 is 0 Å². The first kappa shape index (κ1) is 14.9. The fourth-order valence-corrected chi connectivity index (χ4v) is 1.74. The molecule has 4 heteroatoms. The largest absolute Gasteiger partial charge is 0.491 e. The highest BCUT2D eigenvalue weighted by Crippen LogP contribution is 2.14. The van der Waals surface area contributed by atoms with Crippen molar-refractivity contribution in [3.8, 4) is 5.75 Å². The lowest BCUT2D eigenvalue weighted by atomic mass is 10.1. The Morgan fingerprint density at radius 1 is 1.28 bits per heavy atom. The first-order valence-corrected chi connectivity index (χ1v) is 6.77. The van der Waals surface area contributed by atoms with E-state index in [2.05, 4.69) is 30.7 Å². The van der Waals surface area contributed by atoms with Crippen molar-refractivity contribution in [2.75, 3.05) is 26.2 Å². The minimum Gasteiger partial charge on any atom is -0.491 e. The lowest BCUT2D eigenvalue weighted by Crippen LogP contribution is -2.27. The van der Waals surface area contributed by atoms with Crippen molar-refractivity contribution in [3.05, 3.63) is 24.0 Å². The Bertz CT molecular complexity index is 322. The average Bonchev–Trinajstić information content (AvgIpc) is 2.43. The number of rotatable bonds is 8. The molecule has 0 aliphatic rings. The summed E-state index contributed by atoms with van der Waals surface area (Å²) in [4.78, 5) is 6.65. The van der Waals surface area contributed by atoms with Gasteiger partial charge in [0, 0.05) is 12.6 Å². The Labute approximate surface area is 110 Å². The molecule has 0 radical (unpaired) electrons. The zero-order chi connectivity index (χ0) is 13.4. The summed E-state index contributed by atoms with van der Waals surface area (Å²) < 4.78 is 5.66. The highest BCUT2D eigenvalue weighted by molar-refractivity contribution is 5.21. The summed E-state index contributed by atoms with van der Waals surface area (Å²) in [7, 11) is 0. The second-order valence-electron chi connectivity index (χ2n) is 4.31. The number of hydrogen-bond acceptors (Lipinski definition) is 4. The molecule has 0 saturated heterocycles. The molecular formula is C14H25N3O. The zero-order valence-electron chi connectivity index (χ0n) is 11.7.